The number of fused-ring (bicyclic) bond motifs is 1. The van der Waals surface area contributed by atoms with E-state index in [9.17, 15) is 9.90 Å². The molecule has 2 aliphatic rings. The molecule has 3 heterocycles. The van der Waals surface area contributed by atoms with Gasteiger partial charge in [0.2, 0.25) is 5.91 Å². The minimum Gasteiger partial charge on any atom is -0.393 e. The number of aromatic nitrogens is 5. The third-order valence-corrected chi connectivity index (χ3v) is 7.07. The normalized spacial score (nSPS) is 22.0. The van der Waals surface area contributed by atoms with Gasteiger partial charge in [-0.2, -0.15) is 10.2 Å². The van der Waals surface area contributed by atoms with Crippen LogP contribution < -0.4 is 11.1 Å². The van der Waals surface area contributed by atoms with Crippen molar-refractivity contribution in [1.82, 2.24) is 29.7 Å². The molecule has 1 aromatic carbocycles. The van der Waals surface area contributed by atoms with Gasteiger partial charge in [-0.3, -0.25) is 9.48 Å². The number of nitrogens with one attached hydrogen (secondary N) is 1. The van der Waals surface area contributed by atoms with E-state index in [1.165, 1.54) is 6.33 Å². The molecule has 3 aromatic heterocycles. The van der Waals surface area contributed by atoms with Crippen LogP contribution in [0.4, 0.5) is 5.82 Å². The van der Waals surface area contributed by atoms with Gasteiger partial charge in [0, 0.05) is 23.9 Å². The van der Waals surface area contributed by atoms with Gasteiger partial charge in [-0.25, -0.2) is 9.50 Å². The Labute approximate surface area is 196 Å². The van der Waals surface area contributed by atoms with E-state index in [0.717, 1.165) is 46.4 Å². The van der Waals surface area contributed by atoms with E-state index in [2.05, 4.69) is 31.2 Å². The van der Waals surface area contributed by atoms with Crippen molar-refractivity contribution in [1.29, 1.82) is 0 Å². The Morgan fingerprint density at radius 3 is 2.76 bits per heavy atom. The van der Waals surface area contributed by atoms with Crippen molar-refractivity contribution in [2.24, 2.45) is 0 Å². The van der Waals surface area contributed by atoms with Crippen LogP contribution >= 0.6 is 0 Å². The fourth-order valence-electron chi connectivity index (χ4n) is 5.21. The smallest absolute Gasteiger partial charge is 0.230 e. The van der Waals surface area contributed by atoms with Crippen molar-refractivity contribution in [2.45, 2.75) is 50.2 Å². The first-order valence-corrected chi connectivity index (χ1v) is 11.7. The monoisotopic (exact) mass is 457 g/mol. The van der Waals surface area contributed by atoms with Gasteiger partial charge in [-0.15, -0.1) is 0 Å². The van der Waals surface area contributed by atoms with E-state index in [0.29, 0.717) is 31.2 Å². The zero-order valence-corrected chi connectivity index (χ0v) is 19.0. The van der Waals surface area contributed by atoms with Crippen LogP contribution in [0.5, 0.6) is 0 Å². The Hall–Kier alpha value is -3.72. The predicted molar refractivity (Wildman–Crippen MR) is 128 cm³/mol. The van der Waals surface area contributed by atoms with Gasteiger partial charge >= 0.3 is 0 Å². The van der Waals surface area contributed by atoms with E-state index in [1.807, 2.05) is 48.0 Å². The molecule has 2 saturated carbocycles. The fraction of sp³-hybridized carbons (Fsp3) is 0.360. The summed E-state index contributed by atoms with van der Waals surface area (Å²) in [6.45, 7) is 2.45. The second-order valence-electron chi connectivity index (χ2n) is 9.33. The predicted octanol–water partition coefficient (Wildman–Crippen LogP) is 2.71. The lowest BCUT2D eigenvalue weighted by Crippen LogP contribution is -2.55. The second-order valence-corrected chi connectivity index (χ2v) is 9.33. The summed E-state index contributed by atoms with van der Waals surface area (Å²) in [5.41, 5.74) is 10.9. The lowest BCUT2D eigenvalue weighted by molar-refractivity contribution is -0.135. The number of nitrogens with two attached hydrogens (primary N) is 1. The number of carbonyl (C=O) groups is 1. The average Bonchev–Trinajstić information content (AvgIpc) is 3.40. The summed E-state index contributed by atoms with van der Waals surface area (Å²) in [7, 11) is 0. The first kappa shape index (κ1) is 20.9. The van der Waals surface area contributed by atoms with Gasteiger partial charge in [0.25, 0.3) is 0 Å². The number of hydrogen-bond acceptors (Lipinski definition) is 6. The lowest BCUT2D eigenvalue weighted by Gasteiger charge is -2.44. The van der Waals surface area contributed by atoms with Gasteiger partial charge < -0.3 is 16.2 Å². The molecule has 9 heteroatoms. The fourth-order valence-corrected chi connectivity index (χ4v) is 5.21. The van der Waals surface area contributed by atoms with Gasteiger partial charge in [0.1, 0.15) is 11.8 Å². The highest BCUT2D eigenvalue weighted by atomic mass is 16.3. The van der Waals surface area contributed by atoms with Crippen molar-refractivity contribution in [3.63, 3.8) is 0 Å². The number of nitrogen functional groups attached to an aromatic ring is 1. The molecule has 0 bridgehead atoms. The van der Waals surface area contributed by atoms with Crippen molar-refractivity contribution < 1.29 is 9.90 Å². The SMILES string of the molecule is CCNC(=O)[C@]1(c2cccc(-c3cc(-c4ccnn4C4CC4)c4c(N)ncnn34)c2)C[C@H](O)C1. The first-order valence-electron chi connectivity index (χ1n) is 11.7. The molecular formula is C25H27N7O2. The minimum atomic E-state index is -0.722. The van der Waals surface area contributed by atoms with Crippen LogP contribution in [0.3, 0.4) is 0 Å². The summed E-state index contributed by atoms with van der Waals surface area (Å²) < 4.78 is 3.87. The van der Waals surface area contributed by atoms with Crippen LogP contribution in [0.25, 0.3) is 28.0 Å². The highest BCUT2D eigenvalue weighted by Gasteiger charge is 2.50. The number of likely N-dealkylation sites (N-methyl/N-ethyl adjacent to an activating group) is 1. The Bertz CT molecular complexity index is 1400. The van der Waals surface area contributed by atoms with Crippen LogP contribution in [0, 0.1) is 0 Å². The topological polar surface area (TPSA) is 123 Å². The van der Waals surface area contributed by atoms with E-state index in [1.54, 1.807) is 0 Å². The molecular weight excluding hydrogens is 430 g/mol. The molecule has 34 heavy (non-hydrogen) atoms. The Morgan fingerprint density at radius 1 is 1.21 bits per heavy atom. The van der Waals surface area contributed by atoms with Gasteiger partial charge in [0.05, 0.1) is 28.9 Å². The summed E-state index contributed by atoms with van der Waals surface area (Å²) in [5, 5.41) is 22.1. The molecule has 4 N–H and O–H groups in total. The molecule has 0 saturated heterocycles. The molecule has 4 aromatic rings. The summed E-state index contributed by atoms with van der Waals surface area (Å²) in [5.74, 6) is 0.356. The number of aliphatic hydroxyl groups is 1. The zero-order chi connectivity index (χ0) is 23.4. The highest BCUT2D eigenvalue weighted by molar-refractivity contribution is 5.92. The molecule has 0 unspecified atom stereocenters. The van der Waals surface area contributed by atoms with E-state index in [-0.39, 0.29) is 5.91 Å². The summed E-state index contributed by atoms with van der Waals surface area (Å²) in [4.78, 5) is 17.2. The van der Waals surface area contributed by atoms with Gasteiger partial charge in [0.15, 0.2) is 5.82 Å². The zero-order valence-electron chi connectivity index (χ0n) is 19.0. The minimum absolute atomic E-state index is 0.0435. The van der Waals surface area contributed by atoms with Crippen LogP contribution in [0.1, 0.15) is 44.2 Å². The molecule has 0 spiro atoms. The van der Waals surface area contributed by atoms with Gasteiger partial charge in [-0.05, 0) is 56.4 Å². The standard InChI is InChI=1S/C25H27N7O2/c1-2-27-24(34)25(12-18(33)13-25)16-5-3-4-15(10-16)21-11-19(22-23(26)28-14-30-32(21)22)20-8-9-29-31(20)17-6-7-17/h3-5,8-11,14,17-18,33H,2,6-7,12-13H2,1H3,(H,27,34)(H2,26,28,30)/t18-,25+. The molecule has 9 nitrogen and oxygen atoms in total. The summed E-state index contributed by atoms with van der Waals surface area (Å²) in [6.07, 6.45) is 5.87. The number of anilines is 1. The molecule has 2 fully saturated rings. The molecule has 1 amide bonds. The summed E-state index contributed by atoms with van der Waals surface area (Å²) in [6, 6.07) is 12.4. The van der Waals surface area contributed by atoms with Crippen molar-refractivity contribution in [2.75, 3.05) is 12.3 Å². The van der Waals surface area contributed by atoms with Crippen LogP contribution in [-0.2, 0) is 10.2 Å². The summed E-state index contributed by atoms with van der Waals surface area (Å²) >= 11 is 0. The van der Waals surface area contributed by atoms with Crippen molar-refractivity contribution >= 4 is 17.2 Å². The number of rotatable bonds is 6. The van der Waals surface area contributed by atoms with Crippen LogP contribution in [-0.4, -0.2) is 48.0 Å². The maximum atomic E-state index is 13.0. The second kappa shape index (κ2) is 7.66. The van der Waals surface area contributed by atoms with Crippen molar-refractivity contribution in [3.8, 4) is 22.5 Å². The molecule has 0 aliphatic heterocycles. The van der Waals surface area contributed by atoms with E-state index < -0.39 is 11.5 Å². The highest BCUT2D eigenvalue weighted by Crippen LogP contribution is 2.46. The molecule has 0 atom stereocenters. The number of carbonyl (C=O) groups excluding carboxylic acids is 1. The number of hydrogen-bond donors (Lipinski definition) is 3. The quantitative estimate of drug-likeness (QED) is 0.409. The van der Waals surface area contributed by atoms with E-state index >= 15 is 0 Å². The van der Waals surface area contributed by atoms with Crippen molar-refractivity contribution in [3.05, 3.63) is 54.5 Å². The Kier molecular flexibility index (Phi) is 4.70. The van der Waals surface area contributed by atoms with Crippen LogP contribution in [0.15, 0.2) is 48.9 Å². The van der Waals surface area contributed by atoms with E-state index in [4.69, 9.17) is 5.73 Å². The molecule has 2 aliphatic carbocycles. The first-order chi connectivity index (χ1) is 16.5. The number of amides is 1. The molecule has 6 rings (SSSR count). The number of aliphatic hydroxyl groups excluding tert-OH is 1. The number of benzene rings is 1. The third kappa shape index (κ3) is 3.11. The average molecular weight is 458 g/mol. The Balaban J connectivity index is 1.50. The third-order valence-electron chi connectivity index (χ3n) is 7.07. The maximum absolute atomic E-state index is 13.0. The van der Waals surface area contributed by atoms with Gasteiger partial charge in [-0.1, -0.05) is 18.2 Å². The molecule has 0 radical (unpaired) electrons. The molecule has 174 valence electrons. The maximum Gasteiger partial charge on any atom is 0.230 e. The Morgan fingerprint density at radius 2 is 2.03 bits per heavy atom. The van der Waals surface area contributed by atoms with Crippen LogP contribution in [0.2, 0.25) is 0 Å². The lowest BCUT2D eigenvalue weighted by atomic mass is 9.62. The largest absolute Gasteiger partial charge is 0.393 e. The number of nitrogens with zero attached hydrogens (tertiary/aromatic N) is 5.